The molecule has 0 spiro atoms. The number of carbonyl (C=O) groups excluding carboxylic acids is 3. The van der Waals surface area contributed by atoms with E-state index >= 15 is 0 Å². The summed E-state index contributed by atoms with van der Waals surface area (Å²) in [6, 6.07) is 8.28. The first kappa shape index (κ1) is 41.5. The van der Waals surface area contributed by atoms with Gasteiger partial charge in [0.25, 0.3) is 11.8 Å². The second-order valence-corrected chi connectivity index (χ2v) is 16.9. The van der Waals surface area contributed by atoms with Crippen LogP contribution in [0.5, 0.6) is 11.5 Å². The number of thioether (sulfide) groups is 1. The lowest BCUT2D eigenvalue weighted by Gasteiger charge is -2.30. The van der Waals surface area contributed by atoms with Crippen LogP contribution in [0, 0.1) is 5.92 Å². The minimum absolute atomic E-state index is 0.00419. The first-order valence-corrected chi connectivity index (χ1v) is 21.0. The van der Waals surface area contributed by atoms with Crippen LogP contribution in [0.2, 0.25) is 0 Å². The Hall–Kier alpha value is -3.63. The Kier molecular flexibility index (Phi) is 14.1. The highest BCUT2D eigenvalue weighted by Gasteiger charge is 2.39. The van der Waals surface area contributed by atoms with E-state index in [1.165, 1.54) is 46.8 Å². The van der Waals surface area contributed by atoms with Gasteiger partial charge >= 0.3 is 12.6 Å². The van der Waals surface area contributed by atoms with Crippen molar-refractivity contribution in [1.29, 1.82) is 0 Å². The largest absolute Gasteiger partial charge is 0.489 e. The fraction of sp³-hybridized carbons (Fsp3) is 0.432. The van der Waals surface area contributed by atoms with Gasteiger partial charge in [0.15, 0.2) is 11.5 Å². The highest BCUT2D eigenvalue weighted by molar-refractivity contribution is 7.99. The molecular weight excluding hydrogens is 787 g/mol. The third kappa shape index (κ3) is 10.6. The molecule has 11 nitrogen and oxygen atoms in total. The third-order valence-corrected chi connectivity index (χ3v) is 12.0. The number of esters is 1. The molecule has 1 saturated carbocycles. The summed E-state index contributed by atoms with van der Waals surface area (Å²) in [5, 5.41) is 0.397. The number of amides is 2. The first-order chi connectivity index (χ1) is 25.7. The van der Waals surface area contributed by atoms with E-state index in [1.54, 1.807) is 13.0 Å². The van der Waals surface area contributed by atoms with Crippen molar-refractivity contribution in [2.24, 2.45) is 5.92 Å². The SMILES string of the molecule is C=C/C(Cl)=C(C[C@H](OC(=O)CN1C(=O)c2ccc(N(CCN3CCSCC3)S(C)(=O)=O)cc2C1=O)c1ccc(OC(F)F)c(OCC2CC2)c1)\C(Cl)=C/C. The summed E-state index contributed by atoms with van der Waals surface area (Å²) in [4.78, 5) is 43.6. The Balaban J connectivity index is 1.39. The van der Waals surface area contributed by atoms with Crippen LogP contribution in [0.15, 0.2) is 70.8 Å². The quantitative estimate of drug-likeness (QED) is 0.0884. The van der Waals surface area contributed by atoms with E-state index in [4.69, 9.17) is 32.7 Å². The second-order valence-electron chi connectivity index (χ2n) is 12.9. The zero-order valence-corrected chi connectivity index (χ0v) is 32.9. The molecule has 1 saturated heterocycles. The molecule has 17 heteroatoms. The molecule has 2 aliphatic heterocycles. The lowest BCUT2D eigenvalue weighted by Crippen LogP contribution is -2.41. The van der Waals surface area contributed by atoms with Gasteiger partial charge in [0.1, 0.15) is 12.6 Å². The highest BCUT2D eigenvalue weighted by Crippen LogP contribution is 2.39. The second kappa shape index (κ2) is 18.3. The number of allylic oxidation sites excluding steroid dienone is 4. The van der Waals surface area contributed by atoms with Crippen molar-refractivity contribution in [3.05, 3.63) is 87.5 Å². The lowest BCUT2D eigenvalue weighted by molar-refractivity contribution is -0.149. The summed E-state index contributed by atoms with van der Waals surface area (Å²) >= 11 is 14.8. The monoisotopic (exact) mass is 827 g/mol. The van der Waals surface area contributed by atoms with E-state index in [0.717, 1.165) is 48.6 Å². The summed E-state index contributed by atoms with van der Waals surface area (Å²) in [6.45, 7) is 4.03. The zero-order chi connectivity index (χ0) is 39.2. The fourth-order valence-electron chi connectivity index (χ4n) is 5.99. The summed E-state index contributed by atoms with van der Waals surface area (Å²) < 4.78 is 69.8. The van der Waals surface area contributed by atoms with Gasteiger partial charge in [-0.15, -0.1) is 0 Å². The number of imide groups is 1. The van der Waals surface area contributed by atoms with E-state index in [9.17, 15) is 31.6 Å². The maximum atomic E-state index is 13.6. The maximum Gasteiger partial charge on any atom is 0.387 e. The Labute approximate surface area is 327 Å². The molecule has 2 aromatic carbocycles. The van der Waals surface area contributed by atoms with Gasteiger partial charge in [-0.25, -0.2) is 8.42 Å². The zero-order valence-electron chi connectivity index (χ0n) is 29.8. The number of hydrogen-bond acceptors (Lipinski definition) is 10. The van der Waals surface area contributed by atoms with E-state index in [0.29, 0.717) is 17.7 Å². The normalized spacial score (nSPS) is 17.6. The number of hydrogen-bond donors (Lipinski definition) is 0. The van der Waals surface area contributed by atoms with Crippen molar-refractivity contribution in [2.45, 2.75) is 38.9 Å². The number of anilines is 1. The predicted molar refractivity (Wildman–Crippen MR) is 205 cm³/mol. The van der Waals surface area contributed by atoms with Crippen LogP contribution in [0.25, 0.3) is 0 Å². The van der Waals surface area contributed by atoms with Crippen molar-refractivity contribution in [1.82, 2.24) is 9.80 Å². The summed E-state index contributed by atoms with van der Waals surface area (Å²) in [6.07, 6.45) is 4.61. The number of alkyl halides is 2. The number of ether oxygens (including phenoxy) is 3. The fourth-order valence-corrected chi connectivity index (χ4v) is 8.28. The predicted octanol–water partition coefficient (Wildman–Crippen LogP) is 6.98. The smallest absolute Gasteiger partial charge is 0.387 e. The third-order valence-electron chi connectivity index (χ3n) is 9.05. The van der Waals surface area contributed by atoms with Crippen LogP contribution in [-0.2, 0) is 19.6 Å². The van der Waals surface area contributed by atoms with Crippen LogP contribution in [-0.4, -0.2) is 99.7 Å². The number of carbonyl (C=O) groups is 3. The van der Waals surface area contributed by atoms with E-state index in [2.05, 4.69) is 16.2 Å². The van der Waals surface area contributed by atoms with Crippen molar-refractivity contribution >= 4 is 68.5 Å². The average Bonchev–Trinajstić information content (AvgIpc) is 3.95. The molecule has 2 aromatic rings. The number of benzene rings is 2. The van der Waals surface area contributed by atoms with Crippen molar-refractivity contribution in [2.75, 3.05) is 61.4 Å². The van der Waals surface area contributed by atoms with E-state index < -0.39 is 47.1 Å². The molecule has 3 aliphatic rings. The van der Waals surface area contributed by atoms with Crippen LogP contribution < -0.4 is 13.8 Å². The molecule has 2 amide bonds. The molecule has 1 atom stereocenters. The Morgan fingerprint density at radius 2 is 1.78 bits per heavy atom. The van der Waals surface area contributed by atoms with Crippen LogP contribution >= 0.6 is 35.0 Å². The van der Waals surface area contributed by atoms with Gasteiger partial charge in [-0.2, -0.15) is 20.5 Å². The molecule has 2 heterocycles. The van der Waals surface area contributed by atoms with Gasteiger partial charge < -0.3 is 14.2 Å². The molecule has 5 rings (SSSR count). The lowest BCUT2D eigenvalue weighted by atomic mass is 9.99. The summed E-state index contributed by atoms with van der Waals surface area (Å²) in [7, 11) is -3.75. The molecule has 292 valence electrons. The number of halogens is 4. The number of rotatable bonds is 18. The number of nitrogens with zero attached hydrogens (tertiary/aromatic N) is 3. The van der Waals surface area contributed by atoms with Gasteiger partial charge in [0.2, 0.25) is 10.0 Å². The molecule has 0 aromatic heterocycles. The molecule has 1 aliphatic carbocycles. The van der Waals surface area contributed by atoms with E-state index in [-0.39, 0.29) is 63.9 Å². The summed E-state index contributed by atoms with van der Waals surface area (Å²) in [5.74, 6) is -0.563. The van der Waals surface area contributed by atoms with Crippen molar-refractivity contribution in [3.8, 4) is 11.5 Å². The molecule has 54 heavy (non-hydrogen) atoms. The van der Waals surface area contributed by atoms with Crippen molar-refractivity contribution in [3.63, 3.8) is 0 Å². The van der Waals surface area contributed by atoms with Gasteiger partial charge in [0, 0.05) is 54.2 Å². The average molecular weight is 829 g/mol. The molecule has 0 unspecified atom stereocenters. The first-order valence-electron chi connectivity index (χ1n) is 17.2. The van der Waals surface area contributed by atoms with Gasteiger partial charge in [-0.05, 0) is 67.2 Å². The van der Waals surface area contributed by atoms with Gasteiger partial charge in [-0.1, -0.05) is 48.0 Å². The minimum atomic E-state index is -3.75. The molecule has 0 radical (unpaired) electrons. The van der Waals surface area contributed by atoms with Crippen LogP contribution in [0.1, 0.15) is 58.6 Å². The minimum Gasteiger partial charge on any atom is -0.489 e. The van der Waals surface area contributed by atoms with Gasteiger partial charge in [0.05, 0.1) is 29.7 Å². The van der Waals surface area contributed by atoms with Crippen LogP contribution in [0.3, 0.4) is 0 Å². The van der Waals surface area contributed by atoms with E-state index in [1.807, 2.05) is 11.8 Å². The molecular formula is C37H41Cl2F2N3O8S2. The maximum absolute atomic E-state index is 13.6. The Bertz CT molecular complexity index is 1930. The summed E-state index contributed by atoms with van der Waals surface area (Å²) in [5.41, 5.74) is 0.819. The standard InChI is InChI=1S/C37H41Cl2F2N3O8S2/c1-4-29(38)28(30(39)5-2)20-32(24-8-11-31(52-37(40)41)33(18-24)50-22-23-6-7-23)51-34(45)21-43-35(46)26-10-9-25(19-27(26)36(43)47)44(54(3,48)49)13-12-42-14-16-53-17-15-42/h4-5,8-11,18-19,23,32,37H,1,6-7,12-17,20-22H2,2-3H3/b29-28+,30-5+/t32-/m0/s1. The number of sulfonamides is 1. The molecule has 2 fully saturated rings. The highest BCUT2D eigenvalue weighted by atomic mass is 35.5. The Morgan fingerprint density at radius 3 is 2.41 bits per heavy atom. The Morgan fingerprint density at radius 1 is 1.07 bits per heavy atom. The van der Waals surface area contributed by atoms with Gasteiger partial charge in [-0.3, -0.25) is 28.5 Å². The number of fused-ring (bicyclic) bond motifs is 1. The van der Waals surface area contributed by atoms with Crippen LogP contribution in [0.4, 0.5) is 14.5 Å². The molecule has 0 bridgehead atoms. The van der Waals surface area contributed by atoms with Crippen molar-refractivity contribution < 1.29 is 45.8 Å². The molecule has 0 N–H and O–H groups in total. The topological polar surface area (TPSA) is 123 Å².